The first-order valence-electron chi connectivity index (χ1n) is 6.28. The topological polar surface area (TPSA) is 41.1 Å². The van der Waals surface area contributed by atoms with Gasteiger partial charge in [-0.05, 0) is 37.8 Å². The first-order chi connectivity index (χ1) is 8.28. The molecule has 1 aliphatic heterocycles. The zero-order valence-corrected chi connectivity index (χ0v) is 10.9. The van der Waals surface area contributed by atoms with Gasteiger partial charge in [0.1, 0.15) is 0 Å². The van der Waals surface area contributed by atoms with Gasteiger partial charge in [0.2, 0.25) is 5.91 Å². The van der Waals surface area contributed by atoms with Gasteiger partial charge in [-0.1, -0.05) is 5.92 Å². The Morgan fingerprint density at radius 2 is 2.29 bits per heavy atom. The molecule has 0 aromatic carbocycles. The van der Waals surface area contributed by atoms with Crippen LogP contribution in [0.2, 0.25) is 0 Å². The number of hydrogen-bond acceptors (Lipinski definition) is 3. The number of rotatable bonds is 5. The molecule has 1 heterocycles. The quantitative estimate of drug-likeness (QED) is 0.563. The predicted molar refractivity (Wildman–Crippen MR) is 71.8 cm³/mol. The van der Waals surface area contributed by atoms with Gasteiger partial charge in [0.05, 0.1) is 5.75 Å². The lowest BCUT2D eigenvalue weighted by Crippen LogP contribution is -2.34. The van der Waals surface area contributed by atoms with E-state index in [2.05, 4.69) is 16.6 Å². The van der Waals surface area contributed by atoms with Crippen molar-refractivity contribution in [3.05, 3.63) is 0 Å². The minimum absolute atomic E-state index is 0.258. The zero-order chi connectivity index (χ0) is 12.1. The lowest BCUT2D eigenvalue weighted by atomic mass is 9.92. The predicted octanol–water partition coefficient (Wildman–Crippen LogP) is 0.859. The number of terminal acetylenes is 1. The zero-order valence-electron chi connectivity index (χ0n) is 10.1. The molecule has 1 aliphatic carbocycles. The lowest BCUT2D eigenvalue weighted by Gasteiger charge is -2.23. The normalized spacial score (nSPS) is 25.2. The Labute approximate surface area is 107 Å². The van der Waals surface area contributed by atoms with Crippen LogP contribution in [0.5, 0.6) is 0 Å². The summed E-state index contributed by atoms with van der Waals surface area (Å²) in [4.78, 5) is 11.9. The highest BCUT2D eigenvalue weighted by Gasteiger charge is 2.57. The molecular formula is C13H20N2OS. The summed E-state index contributed by atoms with van der Waals surface area (Å²) in [5.41, 5.74) is 0.349. The van der Waals surface area contributed by atoms with Gasteiger partial charge in [-0.2, -0.15) is 0 Å². The van der Waals surface area contributed by atoms with Crippen molar-refractivity contribution in [2.75, 3.05) is 31.1 Å². The maximum absolute atomic E-state index is 11.9. The van der Waals surface area contributed by atoms with E-state index in [1.54, 1.807) is 11.8 Å². The van der Waals surface area contributed by atoms with E-state index >= 15 is 0 Å². The molecular weight excluding hydrogens is 232 g/mol. The van der Waals surface area contributed by atoms with Crippen LogP contribution in [0.25, 0.3) is 0 Å². The summed E-state index contributed by atoms with van der Waals surface area (Å²) < 4.78 is 0. The van der Waals surface area contributed by atoms with Crippen molar-refractivity contribution in [2.45, 2.75) is 19.3 Å². The Kier molecular flexibility index (Phi) is 4.36. The first kappa shape index (κ1) is 12.8. The van der Waals surface area contributed by atoms with Crippen molar-refractivity contribution >= 4 is 17.7 Å². The van der Waals surface area contributed by atoms with E-state index in [0.717, 1.165) is 50.4 Å². The highest BCUT2D eigenvalue weighted by atomic mass is 32.2. The molecule has 2 rings (SSSR count). The largest absolute Gasteiger partial charge is 0.355 e. The fraction of sp³-hybridized carbons (Fsp3) is 0.769. The third-order valence-corrected chi connectivity index (χ3v) is 4.70. The van der Waals surface area contributed by atoms with Crippen molar-refractivity contribution in [3.63, 3.8) is 0 Å². The molecule has 1 saturated carbocycles. The van der Waals surface area contributed by atoms with Crippen LogP contribution in [0.15, 0.2) is 0 Å². The van der Waals surface area contributed by atoms with Crippen molar-refractivity contribution in [2.24, 2.45) is 11.3 Å². The third kappa shape index (κ3) is 3.17. The molecule has 0 aromatic rings. The monoisotopic (exact) mass is 252 g/mol. The van der Waals surface area contributed by atoms with Crippen LogP contribution < -0.4 is 10.6 Å². The Bertz CT molecular complexity index is 318. The molecule has 94 valence electrons. The van der Waals surface area contributed by atoms with Gasteiger partial charge in [-0.15, -0.1) is 18.2 Å². The van der Waals surface area contributed by atoms with Gasteiger partial charge >= 0.3 is 0 Å². The number of thioether (sulfide) groups is 1. The molecule has 1 amide bonds. The van der Waals surface area contributed by atoms with Gasteiger partial charge in [-0.3, -0.25) is 4.79 Å². The average molecular weight is 252 g/mol. The number of amides is 1. The van der Waals surface area contributed by atoms with E-state index in [0.29, 0.717) is 5.41 Å². The molecule has 2 N–H and O–H groups in total. The van der Waals surface area contributed by atoms with Crippen molar-refractivity contribution in [1.29, 1.82) is 0 Å². The Hall–Kier alpha value is -0.660. The third-order valence-electron chi connectivity index (χ3n) is 3.84. The van der Waals surface area contributed by atoms with E-state index in [4.69, 9.17) is 6.42 Å². The van der Waals surface area contributed by atoms with E-state index in [9.17, 15) is 4.79 Å². The Morgan fingerprint density at radius 3 is 3.00 bits per heavy atom. The van der Waals surface area contributed by atoms with Gasteiger partial charge < -0.3 is 10.6 Å². The summed E-state index contributed by atoms with van der Waals surface area (Å²) in [6.07, 6.45) is 8.58. The van der Waals surface area contributed by atoms with E-state index in [-0.39, 0.29) is 11.8 Å². The van der Waals surface area contributed by atoms with Crippen LogP contribution in [0.1, 0.15) is 19.3 Å². The molecule has 1 unspecified atom stereocenters. The summed E-state index contributed by atoms with van der Waals surface area (Å²) in [6.45, 7) is 2.89. The number of hydrogen-bond donors (Lipinski definition) is 2. The van der Waals surface area contributed by atoms with Crippen molar-refractivity contribution in [3.8, 4) is 12.3 Å². The molecule has 0 bridgehead atoms. The van der Waals surface area contributed by atoms with Crippen LogP contribution in [0.4, 0.5) is 0 Å². The van der Waals surface area contributed by atoms with Crippen LogP contribution in [0.3, 0.4) is 0 Å². The second-order valence-corrected chi connectivity index (χ2v) is 6.02. The van der Waals surface area contributed by atoms with Gasteiger partial charge in [0, 0.05) is 18.2 Å². The Balaban J connectivity index is 1.63. The Morgan fingerprint density at radius 1 is 1.53 bits per heavy atom. The molecule has 1 atom stereocenters. The molecule has 1 saturated heterocycles. The van der Waals surface area contributed by atoms with Crippen LogP contribution in [0, 0.1) is 23.7 Å². The van der Waals surface area contributed by atoms with E-state index in [1.165, 1.54) is 0 Å². The molecule has 17 heavy (non-hydrogen) atoms. The molecule has 0 radical (unpaired) electrons. The standard InChI is InChI=1S/C13H20N2OS/c1-2-8-17-9-7-15-12(16)11-10-13(11)3-5-14-6-4-13/h1,11,14H,3-10H2,(H,15,16). The summed E-state index contributed by atoms with van der Waals surface area (Å²) in [7, 11) is 0. The minimum Gasteiger partial charge on any atom is -0.355 e. The van der Waals surface area contributed by atoms with E-state index in [1.807, 2.05) is 0 Å². The smallest absolute Gasteiger partial charge is 0.223 e. The summed E-state index contributed by atoms with van der Waals surface area (Å²) in [5.74, 6) is 4.76. The molecule has 2 fully saturated rings. The molecule has 3 nitrogen and oxygen atoms in total. The highest BCUT2D eigenvalue weighted by molar-refractivity contribution is 7.99. The maximum atomic E-state index is 11.9. The SMILES string of the molecule is C#CCSCCNC(=O)C1CC12CCNCC2. The number of carbonyl (C=O) groups is 1. The van der Waals surface area contributed by atoms with E-state index < -0.39 is 0 Å². The molecule has 0 aromatic heterocycles. The fourth-order valence-corrected chi connectivity index (χ4v) is 3.20. The molecule has 2 aliphatic rings. The van der Waals surface area contributed by atoms with Gasteiger partial charge in [0.15, 0.2) is 0 Å². The summed E-state index contributed by atoms with van der Waals surface area (Å²) in [6, 6.07) is 0. The molecule has 1 spiro atoms. The fourth-order valence-electron chi connectivity index (χ4n) is 2.70. The van der Waals surface area contributed by atoms with Gasteiger partial charge in [0.25, 0.3) is 0 Å². The second kappa shape index (κ2) is 5.79. The van der Waals surface area contributed by atoms with Gasteiger partial charge in [-0.25, -0.2) is 0 Å². The number of nitrogens with one attached hydrogen (secondary N) is 2. The minimum atomic E-state index is 0.258. The molecule has 4 heteroatoms. The van der Waals surface area contributed by atoms with Crippen LogP contribution in [-0.4, -0.2) is 37.0 Å². The number of carbonyl (C=O) groups excluding carboxylic acids is 1. The summed E-state index contributed by atoms with van der Waals surface area (Å²) in [5, 5.41) is 6.38. The van der Waals surface area contributed by atoms with Crippen molar-refractivity contribution < 1.29 is 4.79 Å². The summed E-state index contributed by atoms with van der Waals surface area (Å²) >= 11 is 1.69. The first-order valence-corrected chi connectivity index (χ1v) is 7.44. The van der Waals surface area contributed by atoms with Crippen LogP contribution in [-0.2, 0) is 4.79 Å². The van der Waals surface area contributed by atoms with Crippen molar-refractivity contribution in [1.82, 2.24) is 10.6 Å². The highest BCUT2D eigenvalue weighted by Crippen LogP contribution is 2.58. The second-order valence-electron chi connectivity index (χ2n) is 4.92. The van der Waals surface area contributed by atoms with Crippen LogP contribution >= 0.6 is 11.8 Å². The lowest BCUT2D eigenvalue weighted by molar-refractivity contribution is -0.123. The maximum Gasteiger partial charge on any atom is 0.223 e. The average Bonchev–Trinajstić information content (AvgIpc) is 3.03. The number of piperidine rings is 1.